The van der Waals surface area contributed by atoms with Crippen molar-refractivity contribution in [1.82, 2.24) is 0 Å². The number of allylic oxidation sites excluding steroid dienone is 2. The van der Waals surface area contributed by atoms with Gasteiger partial charge < -0.3 is 9.84 Å². The van der Waals surface area contributed by atoms with Gasteiger partial charge in [-0.25, -0.2) is 0 Å². The van der Waals surface area contributed by atoms with E-state index in [0.717, 1.165) is 49.7 Å². The topological polar surface area (TPSA) is 80.7 Å². The normalized spacial score (nSPS) is 42.2. The van der Waals surface area contributed by atoms with Crippen LogP contribution in [0.4, 0.5) is 0 Å². The number of ether oxygens (including phenoxy) is 1. The van der Waals surface area contributed by atoms with Gasteiger partial charge in [-0.1, -0.05) is 101 Å². The van der Waals surface area contributed by atoms with Gasteiger partial charge in [-0.05, 0) is 109 Å². The van der Waals surface area contributed by atoms with Crippen molar-refractivity contribution in [1.29, 1.82) is 0 Å². The number of rotatable bonds is 5. The molecule has 0 bridgehead atoms. The van der Waals surface area contributed by atoms with Crippen LogP contribution in [-0.4, -0.2) is 29.2 Å². The molecule has 9 atom stereocenters. The number of fused-ring (bicyclic) bond motifs is 7. The highest BCUT2D eigenvalue weighted by atomic mass is 16.5. The van der Waals surface area contributed by atoms with Gasteiger partial charge >= 0.3 is 5.97 Å². The lowest BCUT2D eigenvalue weighted by Gasteiger charge is -2.70. The highest BCUT2D eigenvalue weighted by Crippen LogP contribution is 2.75. The van der Waals surface area contributed by atoms with Crippen LogP contribution in [0.25, 0.3) is 0 Å². The molecule has 0 aliphatic heterocycles. The zero-order chi connectivity index (χ0) is 34.3. The van der Waals surface area contributed by atoms with E-state index < -0.39 is 16.9 Å². The quantitative estimate of drug-likeness (QED) is 0.327. The largest absolute Gasteiger partial charge is 0.452 e. The van der Waals surface area contributed by atoms with Crippen molar-refractivity contribution in [3.8, 4) is 0 Å². The number of aliphatic hydroxyl groups excluding tert-OH is 1. The lowest BCUT2D eigenvalue weighted by molar-refractivity contribution is -0.194. The molecule has 5 heteroatoms. The highest BCUT2D eigenvalue weighted by molar-refractivity contribution is 5.96. The average Bonchev–Trinajstić information content (AvgIpc) is 3.08. The molecule has 0 unspecified atom stereocenters. The first-order valence-corrected chi connectivity index (χ1v) is 18.4. The smallest absolute Gasteiger partial charge is 0.312 e. The van der Waals surface area contributed by atoms with E-state index in [1.54, 1.807) is 0 Å². The molecule has 1 N–H and O–H groups in total. The summed E-state index contributed by atoms with van der Waals surface area (Å²) in [6.45, 7) is 13.3. The molecule has 2 aromatic rings. The van der Waals surface area contributed by atoms with Crippen LogP contribution in [0.3, 0.4) is 0 Å². The minimum Gasteiger partial charge on any atom is -0.452 e. The second-order valence-electron chi connectivity index (χ2n) is 17.9. The van der Waals surface area contributed by atoms with Crippen LogP contribution in [0.2, 0.25) is 0 Å². The molecule has 0 radical (unpaired) electrons. The summed E-state index contributed by atoms with van der Waals surface area (Å²) in [5.74, 6) is 0.0743. The van der Waals surface area contributed by atoms with E-state index >= 15 is 0 Å². The molecule has 256 valence electrons. The molecule has 4 fully saturated rings. The van der Waals surface area contributed by atoms with Gasteiger partial charge in [0, 0.05) is 12.3 Å². The second kappa shape index (κ2) is 11.2. The van der Waals surface area contributed by atoms with Crippen molar-refractivity contribution >= 4 is 17.5 Å². The fourth-order valence-electron chi connectivity index (χ4n) is 12.0. The fourth-order valence-corrected chi connectivity index (χ4v) is 12.0. The summed E-state index contributed by atoms with van der Waals surface area (Å²) in [7, 11) is 0. The summed E-state index contributed by atoms with van der Waals surface area (Å²) in [6, 6.07) is 20.0. The average molecular weight is 651 g/mol. The maximum Gasteiger partial charge on any atom is 0.312 e. The lowest BCUT2D eigenvalue weighted by atomic mass is 9.33. The van der Waals surface area contributed by atoms with Crippen LogP contribution in [0.1, 0.15) is 117 Å². The van der Waals surface area contributed by atoms with E-state index in [-0.39, 0.29) is 63.6 Å². The maximum atomic E-state index is 14.7. The van der Waals surface area contributed by atoms with Gasteiger partial charge in [0.2, 0.25) is 0 Å². The Morgan fingerprint density at radius 1 is 0.833 bits per heavy atom. The predicted octanol–water partition coefficient (Wildman–Crippen LogP) is 8.84. The van der Waals surface area contributed by atoms with Gasteiger partial charge in [-0.3, -0.25) is 14.4 Å². The Morgan fingerprint density at radius 3 is 2.04 bits per heavy atom. The predicted molar refractivity (Wildman–Crippen MR) is 187 cm³/mol. The summed E-state index contributed by atoms with van der Waals surface area (Å²) in [6.07, 6.45) is 8.80. The van der Waals surface area contributed by atoms with E-state index in [1.807, 2.05) is 73.7 Å². The standard InChI is InChI=1S/C43H54O5/c1-38-21-22-39(2,37(47)48-35(28-13-9-7-10-14-28)29-15-11-8-12-16-29)26-31(38)30-25-32(45)36-40(3)19-18-34(46)41(4,27-44)33(40)17-20-43(36,6)42(30,5)24-23-38/h7-16,25,31,33,35-36,44H,17-24,26-27H2,1-6H3/t31-,33+,36+,38+,39-,40-,41-,42+,43+/m0/s1. The Labute approximate surface area is 286 Å². The third kappa shape index (κ3) is 4.62. The van der Waals surface area contributed by atoms with Crippen LogP contribution >= 0.6 is 0 Å². The maximum absolute atomic E-state index is 14.7. The minimum atomic E-state index is -0.798. The summed E-state index contributed by atoms with van der Waals surface area (Å²) in [4.78, 5) is 42.3. The molecule has 4 saturated carbocycles. The molecule has 5 aliphatic carbocycles. The van der Waals surface area contributed by atoms with Crippen LogP contribution in [0, 0.1) is 50.2 Å². The van der Waals surface area contributed by atoms with Crippen molar-refractivity contribution in [2.24, 2.45) is 50.2 Å². The molecule has 0 spiro atoms. The third-order valence-corrected chi connectivity index (χ3v) is 15.4. The van der Waals surface area contributed by atoms with Gasteiger partial charge in [0.05, 0.1) is 17.4 Å². The minimum absolute atomic E-state index is 0.0133. The van der Waals surface area contributed by atoms with Crippen LogP contribution in [0.5, 0.6) is 0 Å². The number of hydrogen-bond donors (Lipinski definition) is 1. The first-order chi connectivity index (χ1) is 22.7. The molecule has 0 aromatic heterocycles. The molecule has 2 aromatic carbocycles. The van der Waals surface area contributed by atoms with Crippen molar-refractivity contribution in [2.75, 3.05) is 6.61 Å². The molecule has 5 aliphatic rings. The third-order valence-electron chi connectivity index (χ3n) is 15.4. The molecule has 0 amide bonds. The zero-order valence-electron chi connectivity index (χ0n) is 29.8. The number of aliphatic hydroxyl groups is 1. The number of ketones is 2. The van der Waals surface area contributed by atoms with E-state index in [2.05, 4.69) is 34.6 Å². The number of benzene rings is 2. The van der Waals surface area contributed by atoms with Gasteiger partial charge in [-0.2, -0.15) is 0 Å². The SMILES string of the molecule is C[C@]1(C(=O)OC(c2ccccc2)c2ccccc2)CC[C@]2(C)CC[C@]3(C)C(=CC(=O)[C@@H]4[C@@]5(C)CCC(=O)[C@@](C)(CO)[C@@H]5CC[C@]43C)[C@@H]2C1. The Morgan fingerprint density at radius 2 is 1.44 bits per heavy atom. The second-order valence-corrected chi connectivity index (χ2v) is 17.9. The number of hydrogen-bond acceptors (Lipinski definition) is 5. The van der Waals surface area contributed by atoms with E-state index in [4.69, 9.17) is 4.74 Å². The van der Waals surface area contributed by atoms with E-state index in [9.17, 15) is 19.5 Å². The number of esters is 1. The van der Waals surface area contributed by atoms with Gasteiger partial charge in [-0.15, -0.1) is 0 Å². The molecular formula is C43H54O5. The van der Waals surface area contributed by atoms with Crippen molar-refractivity contribution < 1.29 is 24.2 Å². The van der Waals surface area contributed by atoms with Crippen molar-refractivity contribution in [3.63, 3.8) is 0 Å². The van der Waals surface area contributed by atoms with Crippen LogP contribution in [0.15, 0.2) is 72.3 Å². The molecular weight excluding hydrogens is 596 g/mol. The molecule has 7 rings (SSSR count). The number of carbonyl (C=O) groups is 3. The Bertz CT molecular complexity index is 1610. The van der Waals surface area contributed by atoms with Gasteiger partial charge in [0.15, 0.2) is 11.9 Å². The van der Waals surface area contributed by atoms with Crippen LogP contribution in [-0.2, 0) is 19.1 Å². The lowest BCUT2D eigenvalue weighted by Crippen LogP contribution is -2.67. The van der Waals surface area contributed by atoms with Crippen molar-refractivity contribution in [2.45, 2.75) is 105 Å². The van der Waals surface area contributed by atoms with Crippen molar-refractivity contribution in [3.05, 3.63) is 83.4 Å². The first-order valence-electron chi connectivity index (χ1n) is 18.4. The molecule has 0 saturated heterocycles. The molecule has 5 nitrogen and oxygen atoms in total. The molecule has 48 heavy (non-hydrogen) atoms. The Hall–Kier alpha value is -3.05. The van der Waals surface area contributed by atoms with Gasteiger partial charge in [0.1, 0.15) is 5.78 Å². The highest BCUT2D eigenvalue weighted by Gasteiger charge is 2.70. The zero-order valence-corrected chi connectivity index (χ0v) is 29.8. The summed E-state index contributed by atoms with van der Waals surface area (Å²) in [5, 5.41) is 10.5. The van der Waals surface area contributed by atoms with E-state index in [0.29, 0.717) is 19.3 Å². The van der Waals surface area contributed by atoms with E-state index in [1.165, 1.54) is 5.57 Å². The number of carbonyl (C=O) groups excluding carboxylic acids is 3. The summed E-state index contributed by atoms with van der Waals surface area (Å²) in [5.41, 5.74) is 0.887. The fraction of sp³-hybridized carbons (Fsp3) is 0.605. The Kier molecular flexibility index (Phi) is 7.83. The first kappa shape index (κ1) is 33.4. The Balaban J connectivity index is 1.23. The molecule has 0 heterocycles. The summed E-state index contributed by atoms with van der Waals surface area (Å²) >= 11 is 0. The van der Waals surface area contributed by atoms with Gasteiger partial charge in [0.25, 0.3) is 0 Å². The number of Topliss-reactive ketones (excluding diaryl/α,β-unsaturated/α-hetero) is 1. The van der Waals surface area contributed by atoms with Crippen LogP contribution < -0.4 is 0 Å². The monoisotopic (exact) mass is 650 g/mol. The summed E-state index contributed by atoms with van der Waals surface area (Å²) < 4.78 is 6.50.